The van der Waals surface area contributed by atoms with E-state index in [9.17, 15) is 25.9 Å². The summed E-state index contributed by atoms with van der Waals surface area (Å²) in [6.45, 7) is 21.0. The van der Waals surface area contributed by atoms with Crippen LogP contribution in [0.15, 0.2) is 121 Å². The van der Waals surface area contributed by atoms with Gasteiger partial charge in [0, 0.05) is 0 Å². The molecule has 0 saturated heterocycles. The number of benzene rings is 2. The molecule has 0 aliphatic heterocycles. The van der Waals surface area contributed by atoms with Gasteiger partial charge in [0.05, 0.1) is 9.79 Å². The average molecular weight is 507 g/mol. The van der Waals surface area contributed by atoms with E-state index in [4.69, 9.17) is 0 Å². The van der Waals surface area contributed by atoms with Gasteiger partial charge in [0.1, 0.15) is 20.2 Å². The number of hydrogen-bond donors (Lipinski definition) is 0. The Morgan fingerprint density at radius 1 is 0.545 bits per heavy atom. The minimum absolute atomic E-state index is 0. The van der Waals surface area contributed by atoms with Crippen molar-refractivity contribution in [3.8, 4) is 0 Å². The van der Waals surface area contributed by atoms with Crippen LogP contribution in [0.25, 0.3) is 0 Å². The van der Waals surface area contributed by atoms with E-state index in [1.807, 2.05) is 27.7 Å². The van der Waals surface area contributed by atoms with Crippen LogP contribution in [0.3, 0.4) is 0 Å². The van der Waals surface area contributed by atoms with Crippen molar-refractivity contribution in [2.45, 2.75) is 37.5 Å². The molecular weight excluding hydrogens is 473 g/mol. The first kappa shape index (κ1) is 41.3. The average Bonchev–Trinajstić information content (AvgIpc) is 2.71. The third-order valence-corrected chi connectivity index (χ3v) is 3.76. The van der Waals surface area contributed by atoms with Crippen LogP contribution in [-0.2, 0) is 20.2 Å². The summed E-state index contributed by atoms with van der Waals surface area (Å²) >= 11 is 0. The molecule has 0 unspecified atom stereocenters. The molecule has 0 amide bonds. The van der Waals surface area contributed by atoms with Gasteiger partial charge in [-0.25, -0.2) is 16.8 Å². The number of hydrogen-bond acceptors (Lipinski definition) is 6. The molecule has 0 heterocycles. The fourth-order valence-electron chi connectivity index (χ4n) is 1.17. The van der Waals surface area contributed by atoms with Crippen molar-refractivity contribution in [3.05, 3.63) is 111 Å². The van der Waals surface area contributed by atoms with Gasteiger partial charge in [0.15, 0.2) is 0 Å². The fraction of sp³-hybridized carbons (Fsp3) is 0.167. The second kappa shape index (κ2) is 28.0. The van der Waals surface area contributed by atoms with E-state index in [0.29, 0.717) is 0 Å². The molecule has 9 heteroatoms. The van der Waals surface area contributed by atoms with Crippen LogP contribution in [0.4, 0.5) is 0 Å². The van der Waals surface area contributed by atoms with Gasteiger partial charge in [-0.3, -0.25) is 0 Å². The standard InChI is InChI=1S/2C6H6O3S.4C3H6.Mg/c2*7-10(8,9)6-4-2-1-3-5-6;4*1-3-2;/h2*1-5H,(H,7,8,9);4*3H,1H2,2H3;/q;;;;;;+2/p-2. The Hall–Kier alpha value is -2.01. The van der Waals surface area contributed by atoms with E-state index < -0.39 is 20.2 Å². The van der Waals surface area contributed by atoms with E-state index in [-0.39, 0.29) is 32.8 Å². The van der Waals surface area contributed by atoms with Gasteiger partial charge in [-0.05, 0) is 52.0 Å². The SMILES string of the molecule is C=CC.C=CC.C=CC.C=CC.O=S(=O)([O-])c1ccccc1.O=S(=O)([O-])c1ccccc1.[Mg+2]. The maximum atomic E-state index is 10.3. The smallest absolute Gasteiger partial charge is 0.744 e. The first-order chi connectivity index (χ1) is 14.9. The Morgan fingerprint density at radius 2 is 0.697 bits per heavy atom. The predicted octanol–water partition coefficient (Wildman–Crippen LogP) is 5.57. The normalized spacial score (nSPS) is 8.42. The van der Waals surface area contributed by atoms with Gasteiger partial charge in [-0.2, -0.15) is 0 Å². The molecule has 0 saturated carbocycles. The predicted molar refractivity (Wildman–Crippen MR) is 138 cm³/mol. The minimum atomic E-state index is -4.25. The maximum absolute atomic E-state index is 10.3. The zero-order chi connectivity index (χ0) is 26.1. The summed E-state index contributed by atoms with van der Waals surface area (Å²) in [6, 6.07) is 14.4. The first-order valence-corrected chi connectivity index (χ1v) is 12.0. The molecule has 0 radical (unpaired) electrons. The molecule has 0 N–H and O–H groups in total. The molecule has 2 aromatic rings. The third kappa shape index (κ3) is 34.8. The van der Waals surface area contributed by atoms with Crippen molar-refractivity contribution in [3.63, 3.8) is 0 Å². The Kier molecular flexibility index (Phi) is 35.0. The topological polar surface area (TPSA) is 114 Å². The molecule has 2 aromatic carbocycles. The maximum Gasteiger partial charge on any atom is 2.00 e. The molecule has 0 aliphatic rings. The van der Waals surface area contributed by atoms with Crippen LogP contribution in [0.5, 0.6) is 0 Å². The molecule has 33 heavy (non-hydrogen) atoms. The quantitative estimate of drug-likeness (QED) is 0.299. The molecule has 0 atom stereocenters. The second-order valence-electron chi connectivity index (χ2n) is 5.17. The van der Waals surface area contributed by atoms with Crippen LogP contribution >= 0.6 is 0 Å². The Bertz CT molecular complexity index is 834. The van der Waals surface area contributed by atoms with Crippen molar-refractivity contribution >= 4 is 43.3 Å². The van der Waals surface area contributed by atoms with Crippen LogP contribution in [0.2, 0.25) is 0 Å². The second-order valence-corrected chi connectivity index (χ2v) is 7.93. The number of allylic oxidation sites excluding steroid dienone is 4. The molecule has 0 bridgehead atoms. The summed E-state index contributed by atoms with van der Waals surface area (Å²) < 4.78 is 61.7. The van der Waals surface area contributed by atoms with Crippen LogP contribution < -0.4 is 0 Å². The van der Waals surface area contributed by atoms with E-state index in [2.05, 4.69) is 26.3 Å². The molecule has 2 rings (SSSR count). The van der Waals surface area contributed by atoms with Gasteiger partial charge in [0.25, 0.3) is 0 Å². The molecule has 0 aliphatic carbocycles. The molecule has 0 aromatic heterocycles. The number of rotatable bonds is 2. The molecular formula is C24H34MgO6S2. The van der Waals surface area contributed by atoms with Gasteiger partial charge in [-0.1, -0.05) is 60.7 Å². The minimum Gasteiger partial charge on any atom is -0.744 e. The largest absolute Gasteiger partial charge is 2.00 e. The summed E-state index contributed by atoms with van der Waals surface area (Å²) in [4.78, 5) is -0.370. The van der Waals surface area contributed by atoms with E-state index in [0.717, 1.165) is 0 Å². The van der Waals surface area contributed by atoms with Gasteiger partial charge < -0.3 is 9.11 Å². The molecule has 180 valence electrons. The Morgan fingerprint density at radius 3 is 0.788 bits per heavy atom. The summed E-state index contributed by atoms with van der Waals surface area (Å²) in [5.74, 6) is 0. The van der Waals surface area contributed by atoms with Gasteiger partial charge >= 0.3 is 23.1 Å². The third-order valence-electron chi connectivity index (χ3n) is 2.06. The van der Waals surface area contributed by atoms with Crippen LogP contribution in [0.1, 0.15) is 27.7 Å². The van der Waals surface area contributed by atoms with E-state index in [1.54, 1.807) is 36.4 Å². The van der Waals surface area contributed by atoms with Crippen molar-refractivity contribution in [2.75, 3.05) is 0 Å². The zero-order valence-corrected chi connectivity index (χ0v) is 22.9. The van der Waals surface area contributed by atoms with Crippen molar-refractivity contribution in [1.29, 1.82) is 0 Å². The van der Waals surface area contributed by atoms with Crippen LogP contribution in [0, 0.1) is 0 Å². The van der Waals surface area contributed by atoms with Gasteiger partial charge in [0.2, 0.25) is 0 Å². The molecule has 0 spiro atoms. The van der Waals surface area contributed by atoms with Crippen molar-refractivity contribution in [1.82, 2.24) is 0 Å². The van der Waals surface area contributed by atoms with Gasteiger partial charge in [-0.15, -0.1) is 26.3 Å². The first-order valence-electron chi connectivity index (χ1n) is 9.17. The molecule has 0 fully saturated rings. The summed E-state index contributed by atoms with van der Waals surface area (Å²) in [5, 5.41) is 0. The monoisotopic (exact) mass is 506 g/mol. The summed E-state index contributed by atoms with van der Waals surface area (Å²) in [7, 11) is -8.51. The van der Waals surface area contributed by atoms with Crippen LogP contribution in [-0.4, -0.2) is 49.0 Å². The summed E-state index contributed by atoms with van der Waals surface area (Å²) in [6.07, 6.45) is 7.00. The Labute approximate surface area is 217 Å². The fourth-order valence-corrected chi connectivity index (χ4v) is 2.16. The molecule has 6 nitrogen and oxygen atoms in total. The van der Waals surface area contributed by atoms with E-state index >= 15 is 0 Å². The Balaban J connectivity index is -0.000000106. The van der Waals surface area contributed by atoms with E-state index in [1.165, 1.54) is 48.5 Å². The van der Waals surface area contributed by atoms with Crippen molar-refractivity contribution < 1.29 is 25.9 Å². The summed E-state index contributed by atoms with van der Waals surface area (Å²) in [5.41, 5.74) is 0. The van der Waals surface area contributed by atoms with Crippen molar-refractivity contribution in [2.24, 2.45) is 0 Å². The zero-order valence-electron chi connectivity index (χ0n) is 19.9.